The van der Waals surface area contributed by atoms with Crippen molar-refractivity contribution in [3.05, 3.63) is 71.3 Å². The van der Waals surface area contributed by atoms with Gasteiger partial charge in [0.1, 0.15) is 0 Å². The molecule has 1 fully saturated rings. The zero-order valence-electron chi connectivity index (χ0n) is 14.4. The third-order valence-electron chi connectivity index (χ3n) is 5.28. The van der Waals surface area contributed by atoms with Crippen molar-refractivity contribution in [1.82, 2.24) is 10.2 Å². The summed E-state index contributed by atoms with van der Waals surface area (Å²) in [5.74, 6) is 0.337. The predicted octanol–water partition coefficient (Wildman–Crippen LogP) is 3.53. The quantitative estimate of drug-likeness (QED) is 0.931. The van der Waals surface area contributed by atoms with Crippen molar-refractivity contribution in [2.45, 2.75) is 25.5 Å². The van der Waals surface area contributed by atoms with Gasteiger partial charge in [-0.1, -0.05) is 54.6 Å². The highest BCUT2D eigenvalue weighted by Gasteiger charge is 2.30. The van der Waals surface area contributed by atoms with Crippen molar-refractivity contribution in [1.29, 1.82) is 0 Å². The van der Waals surface area contributed by atoms with Gasteiger partial charge >= 0.3 is 6.03 Å². The number of nitrogens with one attached hydrogen (secondary N) is 1. The van der Waals surface area contributed by atoms with Crippen molar-refractivity contribution < 1.29 is 9.53 Å². The van der Waals surface area contributed by atoms with Crippen molar-refractivity contribution in [3.63, 3.8) is 0 Å². The Morgan fingerprint density at radius 1 is 1.08 bits per heavy atom. The number of urea groups is 1. The second-order valence-corrected chi connectivity index (χ2v) is 6.88. The molecule has 2 aromatic rings. The summed E-state index contributed by atoms with van der Waals surface area (Å²) in [5, 5.41) is 3.13. The van der Waals surface area contributed by atoms with Crippen LogP contribution in [-0.4, -0.2) is 30.6 Å². The highest BCUT2D eigenvalue weighted by atomic mass is 16.5. The van der Waals surface area contributed by atoms with E-state index in [1.165, 1.54) is 16.7 Å². The van der Waals surface area contributed by atoms with Crippen molar-refractivity contribution in [2.75, 3.05) is 19.7 Å². The summed E-state index contributed by atoms with van der Waals surface area (Å²) >= 11 is 0. The summed E-state index contributed by atoms with van der Waals surface area (Å²) in [7, 11) is 0. The molecule has 0 aromatic heterocycles. The Kier molecular flexibility index (Phi) is 4.70. The highest BCUT2D eigenvalue weighted by Crippen LogP contribution is 2.33. The minimum absolute atomic E-state index is 0.0354. The van der Waals surface area contributed by atoms with Gasteiger partial charge in [-0.2, -0.15) is 0 Å². The van der Waals surface area contributed by atoms with Crippen LogP contribution in [0.15, 0.2) is 54.6 Å². The molecule has 0 radical (unpaired) electrons. The standard InChI is InChI=1S/C21H24N2O2/c24-21(23-12-10-16-6-4-5-9-19(16)15-23)22-14-18-11-13-25-20(18)17-7-2-1-3-8-17/h1-9,18,20H,10-15H2,(H,22,24)/t18-,20-/m0/s1. The topological polar surface area (TPSA) is 41.6 Å². The lowest BCUT2D eigenvalue weighted by Gasteiger charge is -2.29. The summed E-state index contributed by atoms with van der Waals surface area (Å²) in [6.45, 7) is 2.91. The molecule has 2 aromatic carbocycles. The Morgan fingerprint density at radius 2 is 1.84 bits per heavy atom. The van der Waals surface area contributed by atoms with E-state index in [2.05, 4.69) is 35.6 Å². The fraction of sp³-hybridized carbons (Fsp3) is 0.381. The van der Waals surface area contributed by atoms with E-state index in [4.69, 9.17) is 4.74 Å². The summed E-state index contributed by atoms with van der Waals surface area (Å²) in [4.78, 5) is 14.5. The number of hydrogen-bond acceptors (Lipinski definition) is 2. The van der Waals surface area contributed by atoms with Crippen molar-refractivity contribution in [3.8, 4) is 0 Å². The smallest absolute Gasteiger partial charge is 0.317 e. The first-order valence-corrected chi connectivity index (χ1v) is 9.07. The Labute approximate surface area is 148 Å². The molecule has 1 saturated heterocycles. The van der Waals surface area contributed by atoms with E-state index in [0.717, 1.165) is 26.0 Å². The largest absolute Gasteiger partial charge is 0.373 e. The minimum Gasteiger partial charge on any atom is -0.373 e. The van der Waals surface area contributed by atoms with Crippen molar-refractivity contribution in [2.24, 2.45) is 5.92 Å². The fourth-order valence-corrected chi connectivity index (χ4v) is 3.85. The zero-order chi connectivity index (χ0) is 17.1. The molecular weight excluding hydrogens is 312 g/mol. The molecule has 0 spiro atoms. The van der Waals surface area contributed by atoms with Crippen LogP contribution in [0, 0.1) is 5.92 Å². The van der Waals surface area contributed by atoms with Gasteiger partial charge in [0.25, 0.3) is 0 Å². The molecule has 4 rings (SSSR count). The summed E-state index contributed by atoms with van der Waals surface area (Å²) < 4.78 is 5.91. The first-order chi connectivity index (χ1) is 12.3. The number of carbonyl (C=O) groups excluding carboxylic acids is 1. The first kappa shape index (κ1) is 16.2. The van der Waals surface area contributed by atoms with Gasteiger partial charge in [-0.05, 0) is 29.5 Å². The van der Waals surface area contributed by atoms with E-state index in [9.17, 15) is 4.79 Å². The molecule has 0 unspecified atom stereocenters. The van der Waals surface area contributed by atoms with Gasteiger partial charge in [-0.25, -0.2) is 4.79 Å². The molecule has 2 aliphatic heterocycles. The van der Waals surface area contributed by atoms with Gasteiger partial charge in [0, 0.05) is 32.2 Å². The number of fused-ring (bicyclic) bond motifs is 1. The van der Waals surface area contributed by atoms with Crippen LogP contribution in [0.1, 0.15) is 29.2 Å². The number of carbonyl (C=O) groups is 1. The fourth-order valence-electron chi connectivity index (χ4n) is 3.85. The van der Waals surface area contributed by atoms with Crippen LogP contribution in [0.3, 0.4) is 0 Å². The number of ether oxygens (including phenoxy) is 1. The Morgan fingerprint density at radius 3 is 2.68 bits per heavy atom. The molecule has 130 valence electrons. The maximum Gasteiger partial charge on any atom is 0.317 e. The predicted molar refractivity (Wildman–Crippen MR) is 97.2 cm³/mol. The number of amides is 2. The van der Waals surface area contributed by atoms with Gasteiger partial charge in [0.15, 0.2) is 0 Å². The van der Waals surface area contributed by atoms with Gasteiger partial charge in [-0.15, -0.1) is 0 Å². The zero-order valence-corrected chi connectivity index (χ0v) is 14.4. The summed E-state index contributed by atoms with van der Waals surface area (Å²) in [5.41, 5.74) is 3.82. The normalized spacial score (nSPS) is 22.5. The Balaban J connectivity index is 1.34. The van der Waals surface area contributed by atoms with Crippen LogP contribution < -0.4 is 5.32 Å². The first-order valence-electron chi connectivity index (χ1n) is 9.07. The molecule has 1 N–H and O–H groups in total. The highest BCUT2D eigenvalue weighted by molar-refractivity contribution is 5.74. The summed E-state index contributed by atoms with van der Waals surface area (Å²) in [6, 6.07) is 18.7. The number of benzene rings is 2. The molecule has 2 atom stereocenters. The van der Waals surface area contributed by atoms with E-state index in [1.807, 2.05) is 29.2 Å². The second kappa shape index (κ2) is 7.28. The lowest BCUT2D eigenvalue weighted by atomic mass is 9.95. The van der Waals surface area contributed by atoms with E-state index in [-0.39, 0.29) is 12.1 Å². The molecule has 4 heteroatoms. The third-order valence-corrected chi connectivity index (χ3v) is 5.28. The van der Waals surface area contributed by atoms with E-state index < -0.39 is 0 Å². The molecule has 25 heavy (non-hydrogen) atoms. The third kappa shape index (κ3) is 3.54. The maximum absolute atomic E-state index is 12.6. The lowest BCUT2D eigenvalue weighted by molar-refractivity contribution is 0.0904. The van der Waals surface area contributed by atoms with Crippen LogP contribution in [0.2, 0.25) is 0 Å². The molecule has 0 saturated carbocycles. The van der Waals surface area contributed by atoms with Gasteiger partial charge < -0.3 is 15.0 Å². The number of nitrogens with zero attached hydrogens (tertiary/aromatic N) is 1. The van der Waals surface area contributed by atoms with E-state index >= 15 is 0 Å². The average molecular weight is 336 g/mol. The molecule has 0 aliphatic carbocycles. The van der Waals surface area contributed by atoms with Gasteiger partial charge in [0.2, 0.25) is 0 Å². The molecule has 2 amide bonds. The number of hydrogen-bond donors (Lipinski definition) is 1. The Bertz CT molecular complexity index is 732. The number of rotatable bonds is 3. The molecule has 4 nitrogen and oxygen atoms in total. The Hall–Kier alpha value is -2.33. The monoisotopic (exact) mass is 336 g/mol. The second-order valence-electron chi connectivity index (χ2n) is 6.88. The lowest BCUT2D eigenvalue weighted by Crippen LogP contribution is -2.44. The molecule has 2 heterocycles. The SMILES string of the molecule is O=C(NC[C@@H]1CCO[C@H]1c1ccccc1)N1CCc2ccccc2C1. The maximum atomic E-state index is 12.6. The molecular formula is C21H24N2O2. The minimum atomic E-state index is 0.0354. The van der Waals surface area contributed by atoms with Crippen LogP contribution in [0.4, 0.5) is 4.79 Å². The molecule has 2 aliphatic rings. The van der Waals surface area contributed by atoms with Crippen molar-refractivity contribution >= 4 is 6.03 Å². The van der Waals surface area contributed by atoms with Crippen LogP contribution in [0.25, 0.3) is 0 Å². The average Bonchev–Trinajstić information content (AvgIpc) is 3.15. The van der Waals surface area contributed by atoms with E-state index in [1.54, 1.807) is 0 Å². The summed E-state index contributed by atoms with van der Waals surface area (Å²) in [6.07, 6.45) is 2.01. The van der Waals surface area contributed by atoms with Crippen LogP contribution in [-0.2, 0) is 17.7 Å². The van der Waals surface area contributed by atoms with Gasteiger partial charge in [-0.3, -0.25) is 0 Å². The molecule has 0 bridgehead atoms. The van der Waals surface area contributed by atoms with Gasteiger partial charge in [0.05, 0.1) is 6.10 Å². The van der Waals surface area contributed by atoms with Crippen LogP contribution >= 0.6 is 0 Å². The van der Waals surface area contributed by atoms with Crippen LogP contribution in [0.5, 0.6) is 0 Å². The van der Waals surface area contributed by atoms with E-state index in [0.29, 0.717) is 19.0 Å².